The first-order valence-corrected chi connectivity index (χ1v) is 11.6. The van der Waals surface area contributed by atoms with Gasteiger partial charge in [0.05, 0.1) is 4.90 Å². The number of benzene rings is 1. The van der Waals surface area contributed by atoms with Crippen LogP contribution in [0.25, 0.3) is 0 Å². The molecule has 0 spiro atoms. The van der Waals surface area contributed by atoms with E-state index in [1.165, 1.54) is 18.4 Å². The number of hydrogen-bond donors (Lipinski definition) is 2. The van der Waals surface area contributed by atoms with E-state index in [9.17, 15) is 13.2 Å². The molecule has 2 aliphatic heterocycles. The quantitative estimate of drug-likeness (QED) is 0.753. The number of hydrogen-bond acceptors (Lipinski definition) is 4. The molecule has 6 nitrogen and oxygen atoms in total. The summed E-state index contributed by atoms with van der Waals surface area (Å²) >= 11 is 0. The maximum atomic E-state index is 12.6. The molecular weight excluding hydrogens is 398 g/mol. The number of nitrogens with zero attached hydrogens (tertiary/aromatic N) is 1. The molecule has 1 aromatic rings. The third-order valence-corrected chi connectivity index (χ3v) is 7.60. The van der Waals surface area contributed by atoms with Crippen LogP contribution in [0.4, 0.5) is 0 Å². The first kappa shape index (κ1) is 21.6. The lowest BCUT2D eigenvalue weighted by atomic mass is 9.92. The standard InChI is InChI=1S/C20H29N3O3S.ClH/c24-20(23-12-10-17-6-7-18(14-23)22-17)9-11-21-27(25,26)19-8-5-15-3-1-2-4-16(15)13-19;/h5,8,13,17-18,21-22H,1-4,6-7,9-12,14H2;1H. The van der Waals surface area contributed by atoms with Crippen molar-refractivity contribution < 1.29 is 13.2 Å². The zero-order chi connectivity index (χ0) is 18.9. The van der Waals surface area contributed by atoms with Crippen molar-refractivity contribution in [3.63, 3.8) is 0 Å². The van der Waals surface area contributed by atoms with Crippen molar-refractivity contribution >= 4 is 28.3 Å². The predicted molar refractivity (Wildman–Crippen MR) is 111 cm³/mol. The van der Waals surface area contributed by atoms with Gasteiger partial charge in [-0.15, -0.1) is 12.4 Å². The van der Waals surface area contributed by atoms with Crippen LogP contribution in [0.15, 0.2) is 23.1 Å². The predicted octanol–water partition coefficient (Wildman–Crippen LogP) is 2.01. The molecule has 1 amide bonds. The number of rotatable bonds is 5. The smallest absolute Gasteiger partial charge is 0.240 e. The minimum atomic E-state index is -3.57. The molecule has 4 rings (SSSR count). The molecule has 2 unspecified atom stereocenters. The molecule has 2 N–H and O–H groups in total. The summed E-state index contributed by atoms with van der Waals surface area (Å²) in [6.07, 6.45) is 7.79. The Morgan fingerprint density at radius 1 is 1.11 bits per heavy atom. The molecule has 3 aliphatic rings. The summed E-state index contributed by atoms with van der Waals surface area (Å²) in [6.45, 7) is 1.66. The van der Waals surface area contributed by atoms with E-state index in [2.05, 4.69) is 10.0 Å². The molecule has 0 saturated carbocycles. The largest absolute Gasteiger partial charge is 0.341 e. The molecule has 2 fully saturated rings. The van der Waals surface area contributed by atoms with E-state index in [-0.39, 0.29) is 31.3 Å². The van der Waals surface area contributed by atoms with Gasteiger partial charge in [-0.25, -0.2) is 13.1 Å². The number of carbonyl (C=O) groups is 1. The Kier molecular flexibility index (Phi) is 7.02. The molecule has 28 heavy (non-hydrogen) atoms. The highest BCUT2D eigenvalue weighted by atomic mass is 35.5. The van der Waals surface area contributed by atoms with Gasteiger partial charge in [-0.2, -0.15) is 0 Å². The van der Waals surface area contributed by atoms with Crippen LogP contribution in [0.1, 0.15) is 49.7 Å². The van der Waals surface area contributed by atoms with Gasteiger partial charge in [-0.05, 0) is 68.2 Å². The lowest BCUT2D eigenvalue weighted by Gasteiger charge is -2.24. The van der Waals surface area contributed by atoms with Crippen LogP contribution in [-0.2, 0) is 27.7 Å². The molecule has 1 aromatic carbocycles. The Morgan fingerprint density at radius 3 is 2.68 bits per heavy atom. The number of halogens is 1. The molecule has 2 bridgehead atoms. The Morgan fingerprint density at radius 2 is 1.86 bits per heavy atom. The van der Waals surface area contributed by atoms with Gasteiger partial charge in [0.1, 0.15) is 0 Å². The molecule has 156 valence electrons. The fourth-order valence-corrected chi connectivity index (χ4v) is 5.66. The average molecular weight is 428 g/mol. The number of nitrogens with one attached hydrogen (secondary N) is 2. The maximum absolute atomic E-state index is 12.6. The summed E-state index contributed by atoms with van der Waals surface area (Å²) in [5, 5.41) is 3.56. The molecule has 0 radical (unpaired) electrons. The first-order chi connectivity index (χ1) is 13.0. The van der Waals surface area contributed by atoms with Crippen LogP contribution in [-0.4, -0.2) is 50.9 Å². The van der Waals surface area contributed by atoms with Gasteiger partial charge in [0.25, 0.3) is 0 Å². The Balaban J connectivity index is 0.00000225. The summed E-state index contributed by atoms with van der Waals surface area (Å²) in [5.74, 6) is 0.0393. The van der Waals surface area contributed by atoms with Gasteiger partial charge >= 0.3 is 0 Å². The van der Waals surface area contributed by atoms with Gasteiger partial charge < -0.3 is 10.2 Å². The van der Waals surface area contributed by atoms with Crippen molar-refractivity contribution in [2.45, 2.75) is 68.3 Å². The summed E-state index contributed by atoms with van der Waals surface area (Å²) < 4.78 is 27.8. The molecule has 2 saturated heterocycles. The Bertz CT molecular complexity index is 815. The summed E-state index contributed by atoms with van der Waals surface area (Å²) in [7, 11) is -3.57. The SMILES string of the molecule is Cl.O=C(CCNS(=O)(=O)c1ccc2c(c1)CCCC2)N1CCC2CCC(C1)N2. The van der Waals surface area contributed by atoms with Gasteiger partial charge in [-0.3, -0.25) is 4.79 Å². The Hall–Kier alpha value is -1.15. The normalized spacial score (nSPS) is 24.2. The van der Waals surface area contributed by atoms with E-state index in [1.54, 1.807) is 12.1 Å². The Labute approximate surface area is 173 Å². The van der Waals surface area contributed by atoms with E-state index in [0.29, 0.717) is 17.0 Å². The number of fused-ring (bicyclic) bond motifs is 3. The molecule has 2 atom stereocenters. The second kappa shape index (κ2) is 9.11. The highest BCUT2D eigenvalue weighted by molar-refractivity contribution is 7.89. The molecule has 2 heterocycles. The fraction of sp³-hybridized carbons (Fsp3) is 0.650. The van der Waals surface area contributed by atoms with Crippen LogP contribution in [0.5, 0.6) is 0 Å². The van der Waals surface area contributed by atoms with Crippen LogP contribution < -0.4 is 10.0 Å². The first-order valence-electron chi connectivity index (χ1n) is 10.2. The van der Waals surface area contributed by atoms with E-state index in [0.717, 1.165) is 50.8 Å². The van der Waals surface area contributed by atoms with E-state index in [1.807, 2.05) is 11.0 Å². The monoisotopic (exact) mass is 427 g/mol. The lowest BCUT2D eigenvalue weighted by Crippen LogP contribution is -2.40. The average Bonchev–Trinajstić information content (AvgIpc) is 2.99. The molecule has 1 aliphatic carbocycles. The second-order valence-corrected chi connectivity index (χ2v) is 9.82. The third kappa shape index (κ3) is 4.87. The minimum Gasteiger partial charge on any atom is -0.341 e. The van der Waals surface area contributed by atoms with Crippen molar-refractivity contribution in [2.24, 2.45) is 0 Å². The number of sulfonamides is 1. The second-order valence-electron chi connectivity index (χ2n) is 8.05. The van der Waals surface area contributed by atoms with Crippen LogP contribution in [0.3, 0.4) is 0 Å². The number of aryl methyl sites for hydroxylation is 2. The molecule has 8 heteroatoms. The van der Waals surface area contributed by atoms with Crippen LogP contribution in [0, 0.1) is 0 Å². The maximum Gasteiger partial charge on any atom is 0.240 e. The van der Waals surface area contributed by atoms with E-state index in [4.69, 9.17) is 0 Å². The topological polar surface area (TPSA) is 78.5 Å². The molecule has 0 aromatic heterocycles. The lowest BCUT2D eigenvalue weighted by molar-refractivity contribution is -0.131. The summed E-state index contributed by atoms with van der Waals surface area (Å²) in [5.41, 5.74) is 2.41. The summed E-state index contributed by atoms with van der Waals surface area (Å²) in [4.78, 5) is 14.7. The van der Waals surface area contributed by atoms with Crippen LogP contribution in [0.2, 0.25) is 0 Å². The van der Waals surface area contributed by atoms with Gasteiger partial charge in [-0.1, -0.05) is 6.07 Å². The van der Waals surface area contributed by atoms with Gasteiger partial charge in [0.2, 0.25) is 15.9 Å². The fourth-order valence-electron chi connectivity index (χ4n) is 4.58. The van der Waals surface area contributed by atoms with Gasteiger partial charge in [0.15, 0.2) is 0 Å². The van der Waals surface area contributed by atoms with E-state index < -0.39 is 10.0 Å². The number of carbonyl (C=O) groups excluding carboxylic acids is 1. The highest BCUT2D eigenvalue weighted by Gasteiger charge is 2.31. The van der Waals surface area contributed by atoms with Crippen molar-refractivity contribution in [3.8, 4) is 0 Å². The number of likely N-dealkylation sites (tertiary alicyclic amines) is 1. The zero-order valence-electron chi connectivity index (χ0n) is 16.2. The van der Waals surface area contributed by atoms with Crippen molar-refractivity contribution in [2.75, 3.05) is 19.6 Å². The molecular formula is C20H30ClN3O3S. The summed E-state index contributed by atoms with van der Waals surface area (Å²) in [6, 6.07) is 6.36. The van der Waals surface area contributed by atoms with Crippen LogP contribution >= 0.6 is 12.4 Å². The highest BCUT2D eigenvalue weighted by Crippen LogP contribution is 2.24. The number of amides is 1. The van der Waals surface area contributed by atoms with Gasteiger partial charge in [0, 0.05) is 38.1 Å². The van der Waals surface area contributed by atoms with E-state index >= 15 is 0 Å². The van der Waals surface area contributed by atoms with Crippen molar-refractivity contribution in [1.29, 1.82) is 0 Å². The van der Waals surface area contributed by atoms with Crippen molar-refractivity contribution in [1.82, 2.24) is 14.9 Å². The minimum absolute atomic E-state index is 0. The third-order valence-electron chi connectivity index (χ3n) is 6.14. The van der Waals surface area contributed by atoms with Crippen molar-refractivity contribution in [3.05, 3.63) is 29.3 Å². The zero-order valence-corrected chi connectivity index (χ0v) is 17.8.